The van der Waals surface area contributed by atoms with Gasteiger partial charge in [0.2, 0.25) is 0 Å². The Morgan fingerprint density at radius 1 is 1.11 bits per heavy atom. The number of carbonyl (C=O) groups is 1. The summed E-state index contributed by atoms with van der Waals surface area (Å²) in [7, 11) is -2.30. The first-order valence-corrected chi connectivity index (χ1v) is 10.8. The van der Waals surface area contributed by atoms with Crippen molar-refractivity contribution in [1.82, 2.24) is 10.3 Å². The molecule has 3 aromatic rings. The van der Waals surface area contributed by atoms with E-state index in [9.17, 15) is 13.2 Å². The summed E-state index contributed by atoms with van der Waals surface area (Å²) >= 11 is 0. The number of esters is 1. The Bertz CT molecular complexity index is 1190. The van der Waals surface area contributed by atoms with Gasteiger partial charge in [-0.15, -0.1) is 0 Å². The number of aromatic nitrogens is 1. The van der Waals surface area contributed by atoms with Crippen LogP contribution < -0.4 is 5.32 Å². The van der Waals surface area contributed by atoms with Gasteiger partial charge < -0.3 is 9.72 Å². The van der Waals surface area contributed by atoms with Crippen molar-refractivity contribution in [2.45, 2.75) is 34.6 Å². The van der Waals surface area contributed by atoms with E-state index in [0.29, 0.717) is 6.42 Å². The molecular weight excluding hydrogens is 376 g/mol. The maximum atomic E-state index is 13.4. The number of H-pyrrole nitrogens is 1. The SMILES string of the molecule is COC(=O)[C@]12Cc3c([nH]c4ccccc34)[C@@H](N1)[C@H](S(=O)(=O)c1ccccc1)C2. The topological polar surface area (TPSA) is 88.3 Å². The minimum atomic E-state index is -3.64. The van der Waals surface area contributed by atoms with Crippen molar-refractivity contribution in [3.63, 3.8) is 0 Å². The number of rotatable bonds is 3. The van der Waals surface area contributed by atoms with Gasteiger partial charge in [-0.1, -0.05) is 36.4 Å². The van der Waals surface area contributed by atoms with Gasteiger partial charge in [0.25, 0.3) is 0 Å². The molecular formula is C21H20N2O4S. The minimum Gasteiger partial charge on any atom is -0.468 e. The standard InChI is InChI=1S/C21H20N2O4S/c1-27-20(24)21-11-15-14-9-5-6-10-16(14)22-18(15)19(23-21)17(12-21)28(25,26)13-7-3-2-4-8-13/h2-10,17,19,22-23H,11-12H2,1H3/t17-,19+,21-/m1/s1. The van der Waals surface area contributed by atoms with Crippen molar-refractivity contribution in [1.29, 1.82) is 0 Å². The molecule has 0 spiro atoms. The van der Waals surface area contributed by atoms with Gasteiger partial charge in [-0.2, -0.15) is 0 Å². The third-order valence-corrected chi connectivity index (χ3v) is 8.20. The van der Waals surface area contributed by atoms with Crippen LogP contribution in [0, 0.1) is 0 Å². The Balaban J connectivity index is 1.71. The molecule has 6 nitrogen and oxygen atoms in total. The van der Waals surface area contributed by atoms with Crippen LogP contribution in [0.25, 0.3) is 10.9 Å². The van der Waals surface area contributed by atoms with Crippen molar-refractivity contribution >= 4 is 26.7 Å². The van der Waals surface area contributed by atoms with Gasteiger partial charge >= 0.3 is 5.97 Å². The van der Waals surface area contributed by atoms with Gasteiger partial charge in [0, 0.05) is 23.0 Å². The Kier molecular flexibility index (Phi) is 3.70. The molecule has 2 aromatic carbocycles. The molecule has 0 aliphatic carbocycles. The van der Waals surface area contributed by atoms with E-state index in [1.165, 1.54) is 7.11 Å². The molecule has 1 fully saturated rings. The number of hydrogen-bond donors (Lipinski definition) is 2. The van der Waals surface area contributed by atoms with Gasteiger partial charge in [0.05, 0.1) is 23.3 Å². The maximum absolute atomic E-state index is 13.4. The normalized spacial score (nSPS) is 26.2. The second-order valence-corrected chi connectivity index (χ2v) is 9.70. The number of ether oxygens (including phenoxy) is 1. The average molecular weight is 396 g/mol. The predicted molar refractivity (Wildman–Crippen MR) is 105 cm³/mol. The van der Waals surface area contributed by atoms with E-state index in [-0.39, 0.29) is 11.3 Å². The van der Waals surface area contributed by atoms with Crippen LogP contribution in [0.1, 0.15) is 23.7 Å². The maximum Gasteiger partial charge on any atom is 0.326 e. The Hall–Kier alpha value is -2.64. The van der Waals surface area contributed by atoms with E-state index in [1.54, 1.807) is 30.3 Å². The molecule has 2 aliphatic heterocycles. The molecule has 2 aliphatic rings. The highest BCUT2D eigenvalue weighted by Crippen LogP contribution is 2.48. The molecule has 2 N–H and O–H groups in total. The summed E-state index contributed by atoms with van der Waals surface area (Å²) < 4.78 is 32.0. The average Bonchev–Trinajstić information content (AvgIpc) is 3.26. The van der Waals surface area contributed by atoms with Gasteiger partial charge in [0.15, 0.2) is 9.84 Å². The number of fused-ring (bicyclic) bond motifs is 6. The molecule has 28 heavy (non-hydrogen) atoms. The molecule has 0 radical (unpaired) electrons. The number of methoxy groups -OCH3 is 1. The fourth-order valence-electron chi connectivity index (χ4n) is 4.75. The zero-order chi connectivity index (χ0) is 19.5. The second-order valence-electron chi connectivity index (χ2n) is 7.54. The highest BCUT2D eigenvalue weighted by Gasteiger charge is 2.59. The number of para-hydroxylation sites is 1. The summed E-state index contributed by atoms with van der Waals surface area (Å²) in [5.41, 5.74) is 1.75. The first-order chi connectivity index (χ1) is 13.5. The van der Waals surface area contributed by atoms with E-state index in [2.05, 4.69) is 10.3 Å². The molecule has 2 bridgehead atoms. The summed E-state index contributed by atoms with van der Waals surface area (Å²) in [6.45, 7) is 0. The van der Waals surface area contributed by atoms with Crippen LogP contribution in [0.5, 0.6) is 0 Å². The molecule has 0 amide bonds. The number of nitrogens with one attached hydrogen (secondary N) is 2. The lowest BCUT2D eigenvalue weighted by Gasteiger charge is -2.31. The summed E-state index contributed by atoms with van der Waals surface area (Å²) in [6.07, 6.45) is 0.578. The van der Waals surface area contributed by atoms with E-state index in [1.807, 2.05) is 24.3 Å². The van der Waals surface area contributed by atoms with Crippen LogP contribution in [-0.4, -0.2) is 37.3 Å². The van der Waals surface area contributed by atoms with E-state index in [4.69, 9.17) is 4.74 Å². The molecule has 0 unspecified atom stereocenters. The molecule has 3 heterocycles. The van der Waals surface area contributed by atoms with E-state index in [0.717, 1.165) is 22.2 Å². The lowest BCUT2D eigenvalue weighted by atomic mass is 9.87. The number of benzene rings is 2. The van der Waals surface area contributed by atoms with Gasteiger partial charge in [-0.05, 0) is 30.2 Å². The molecule has 5 rings (SSSR count). The van der Waals surface area contributed by atoms with Crippen LogP contribution in [0.4, 0.5) is 0 Å². The Labute approximate surface area is 162 Å². The summed E-state index contributed by atoms with van der Waals surface area (Å²) in [5, 5.41) is 3.58. The molecule has 1 aromatic heterocycles. The minimum absolute atomic E-state index is 0.179. The van der Waals surface area contributed by atoms with Crippen LogP contribution in [0.3, 0.4) is 0 Å². The van der Waals surface area contributed by atoms with Gasteiger partial charge in [-0.25, -0.2) is 8.42 Å². The van der Waals surface area contributed by atoms with Crippen molar-refractivity contribution < 1.29 is 17.9 Å². The Morgan fingerprint density at radius 2 is 1.82 bits per heavy atom. The molecule has 3 atom stereocenters. The van der Waals surface area contributed by atoms with E-state index < -0.39 is 32.6 Å². The number of sulfone groups is 1. The highest BCUT2D eigenvalue weighted by atomic mass is 32.2. The summed E-state index contributed by atoms with van der Waals surface area (Å²) in [4.78, 5) is 16.4. The number of hydrogen-bond acceptors (Lipinski definition) is 5. The van der Waals surface area contributed by atoms with Crippen LogP contribution in [0.15, 0.2) is 59.5 Å². The highest BCUT2D eigenvalue weighted by molar-refractivity contribution is 7.92. The van der Waals surface area contributed by atoms with Crippen molar-refractivity contribution in [3.8, 4) is 0 Å². The number of aromatic amines is 1. The third-order valence-electron chi connectivity index (χ3n) is 6.04. The van der Waals surface area contributed by atoms with E-state index >= 15 is 0 Å². The fraction of sp³-hybridized carbons (Fsp3) is 0.286. The quantitative estimate of drug-likeness (QED) is 0.664. The molecule has 1 saturated heterocycles. The largest absolute Gasteiger partial charge is 0.468 e. The summed E-state index contributed by atoms with van der Waals surface area (Å²) in [6, 6.07) is 15.8. The number of carbonyl (C=O) groups excluding carboxylic acids is 1. The second kappa shape index (κ2) is 5.93. The van der Waals surface area contributed by atoms with Crippen molar-refractivity contribution in [3.05, 3.63) is 65.9 Å². The predicted octanol–water partition coefficient (Wildman–Crippen LogP) is 2.51. The van der Waals surface area contributed by atoms with Gasteiger partial charge in [0.1, 0.15) is 5.54 Å². The Morgan fingerprint density at radius 3 is 2.57 bits per heavy atom. The monoisotopic (exact) mass is 396 g/mol. The first-order valence-electron chi connectivity index (χ1n) is 9.21. The van der Waals surface area contributed by atoms with Crippen LogP contribution in [0.2, 0.25) is 0 Å². The molecule has 144 valence electrons. The lowest BCUT2D eigenvalue weighted by Crippen LogP contribution is -2.53. The zero-order valence-corrected chi connectivity index (χ0v) is 16.1. The van der Waals surface area contributed by atoms with Crippen LogP contribution >= 0.6 is 0 Å². The van der Waals surface area contributed by atoms with Crippen molar-refractivity contribution in [2.24, 2.45) is 0 Å². The smallest absolute Gasteiger partial charge is 0.326 e. The van der Waals surface area contributed by atoms with Gasteiger partial charge in [-0.3, -0.25) is 10.1 Å². The first kappa shape index (κ1) is 17.5. The van der Waals surface area contributed by atoms with Crippen LogP contribution in [-0.2, 0) is 25.8 Å². The summed E-state index contributed by atoms with van der Waals surface area (Å²) in [5.74, 6) is -0.417. The fourth-order valence-corrected chi connectivity index (χ4v) is 6.71. The lowest BCUT2D eigenvalue weighted by molar-refractivity contribution is -0.148. The zero-order valence-electron chi connectivity index (χ0n) is 15.3. The molecule has 7 heteroatoms. The third kappa shape index (κ3) is 2.29. The van der Waals surface area contributed by atoms with Crippen molar-refractivity contribution in [2.75, 3.05) is 7.11 Å². The molecule has 0 saturated carbocycles.